The molecule has 0 saturated heterocycles. The van der Waals surface area contributed by atoms with E-state index in [1.54, 1.807) is 6.92 Å². The number of aliphatic carboxylic acids is 1. The number of hydrogen-bond acceptors (Lipinski definition) is 4. The second-order valence-corrected chi connectivity index (χ2v) is 6.15. The Labute approximate surface area is 125 Å². The standard InChI is InChI=1S/C14H26N2O5/c1-6-21-11(17)9-16(5)13(20)15-8-10(12(18)19)7-14(2,3)4/h10H,6-9H2,1-5H3,(H,15,20)(H,18,19). The van der Waals surface area contributed by atoms with Crippen LogP contribution < -0.4 is 5.32 Å². The third kappa shape index (κ3) is 8.88. The van der Waals surface area contributed by atoms with Crippen LogP contribution in [-0.4, -0.2) is 54.7 Å². The van der Waals surface area contributed by atoms with Gasteiger partial charge in [0.25, 0.3) is 0 Å². The topological polar surface area (TPSA) is 95.9 Å². The summed E-state index contributed by atoms with van der Waals surface area (Å²) in [4.78, 5) is 35.4. The van der Waals surface area contributed by atoms with Crippen molar-refractivity contribution in [2.24, 2.45) is 11.3 Å². The molecule has 0 rings (SSSR count). The minimum Gasteiger partial charge on any atom is -0.481 e. The Kier molecular flexibility index (Phi) is 7.76. The molecule has 7 heteroatoms. The zero-order valence-electron chi connectivity index (χ0n) is 13.4. The molecule has 7 nitrogen and oxygen atoms in total. The molecular formula is C14H26N2O5. The van der Waals surface area contributed by atoms with Gasteiger partial charge in [-0.15, -0.1) is 0 Å². The number of nitrogens with zero attached hydrogens (tertiary/aromatic N) is 1. The Morgan fingerprint density at radius 3 is 2.29 bits per heavy atom. The number of rotatable bonds is 7. The number of carbonyl (C=O) groups excluding carboxylic acids is 2. The lowest BCUT2D eigenvalue weighted by atomic mass is 9.84. The molecule has 0 saturated carbocycles. The van der Waals surface area contributed by atoms with Crippen LogP contribution in [-0.2, 0) is 14.3 Å². The van der Waals surface area contributed by atoms with E-state index in [9.17, 15) is 14.4 Å². The number of hydrogen-bond donors (Lipinski definition) is 2. The number of ether oxygens (including phenoxy) is 1. The van der Waals surface area contributed by atoms with E-state index in [1.165, 1.54) is 7.05 Å². The maximum absolute atomic E-state index is 11.8. The number of carboxylic acids is 1. The molecule has 2 N–H and O–H groups in total. The summed E-state index contributed by atoms with van der Waals surface area (Å²) in [5, 5.41) is 11.7. The molecule has 122 valence electrons. The van der Waals surface area contributed by atoms with Crippen LogP contribution in [0.5, 0.6) is 0 Å². The van der Waals surface area contributed by atoms with Gasteiger partial charge in [0.1, 0.15) is 6.54 Å². The lowest BCUT2D eigenvalue weighted by Crippen LogP contribution is -2.43. The molecule has 0 aromatic carbocycles. The highest BCUT2D eigenvalue weighted by Gasteiger charge is 2.25. The number of esters is 1. The van der Waals surface area contributed by atoms with Gasteiger partial charge in [0.05, 0.1) is 12.5 Å². The second-order valence-electron chi connectivity index (χ2n) is 6.15. The van der Waals surface area contributed by atoms with Crippen LogP contribution in [0.2, 0.25) is 0 Å². The Hall–Kier alpha value is -1.79. The highest BCUT2D eigenvalue weighted by Crippen LogP contribution is 2.24. The first-order valence-corrected chi connectivity index (χ1v) is 6.94. The molecule has 21 heavy (non-hydrogen) atoms. The molecule has 0 aliphatic heterocycles. The number of carbonyl (C=O) groups is 3. The van der Waals surface area contributed by atoms with Crippen molar-refractivity contribution < 1.29 is 24.2 Å². The van der Waals surface area contributed by atoms with Crippen LogP contribution in [0.1, 0.15) is 34.1 Å². The molecule has 0 aliphatic rings. The van der Waals surface area contributed by atoms with Crippen molar-refractivity contribution in [3.05, 3.63) is 0 Å². The van der Waals surface area contributed by atoms with Crippen molar-refractivity contribution in [3.63, 3.8) is 0 Å². The van der Waals surface area contributed by atoms with Gasteiger partial charge in [0.15, 0.2) is 0 Å². The fourth-order valence-corrected chi connectivity index (χ4v) is 1.80. The molecule has 0 aromatic rings. The lowest BCUT2D eigenvalue weighted by molar-refractivity contribution is -0.144. The minimum absolute atomic E-state index is 0.0264. The molecule has 0 fully saturated rings. The van der Waals surface area contributed by atoms with E-state index in [-0.39, 0.29) is 25.1 Å². The van der Waals surface area contributed by atoms with E-state index in [2.05, 4.69) is 5.32 Å². The Bertz CT molecular complexity index is 376. The van der Waals surface area contributed by atoms with E-state index in [4.69, 9.17) is 9.84 Å². The maximum Gasteiger partial charge on any atom is 0.325 e. The summed E-state index contributed by atoms with van der Waals surface area (Å²) < 4.78 is 4.74. The number of carboxylic acid groups (broad SMARTS) is 1. The average molecular weight is 302 g/mol. The molecule has 0 aliphatic carbocycles. The van der Waals surface area contributed by atoms with Crippen LogP contribution in [0.3, 0.4) is 0 Å². The molecule has 0 spiro atoms. The van der Waals surface area contributed by atoms with Crippen LogP contribution in [0.15, 0.2) is 0 Å². The number of likely N-dealkylation sites (N-methyl/N-ethyl adjacent to an activating group) is 1. The normalized spacial score (nSPS) is 12.4. The summed E-state index contributed by atoms with van der Waals surface area (Å²) >= 11 is 0. The Morgan fingerprint density at radius 1 is 1.29 bits per heavy atom. The summed E-state index contributed by atoms with van der Waals surface area (Å²) in [5.41, 5.74) is -0.148. The van der Waals surface area contributed by atoms with Gasteiger partial charge in [-0.1, -0.05) is 20.8 Å². The van der Waals surface area contributed by atoms with Gasteiger partial charge in [-0.3, -0.25) is 9.59 Å². The summed E-state index contributed by atoms with van der Waals surface area (Å²) in [6, 6.07) is -0.497. The second kappa shape index (κ2) is 8.49. The molecule has 0 radical (unpaired) electrons. The van der Waals surface area contributed by atoms with Crippen molar-refractivity contribution in [2.45, 2.75) is 34.1 Å². The quantitative estimate of drug-likeness (QED) is 0.692. The van der Waals surface area contributed by atoms with Crippen molar-refractivity contribution in [2.75, 3.05) is 26.7 Å². The van der Waals surface area contributed by atoms with E-state index in [1.807, 2.05) is 20.8 Å². The SMILES string of the molecule is CCOC(=O)CN(C)C(=O)NCC(CC(C)(C)C)C(=O)O. The predicted molar refractivity (Wildman–Crippen MR) is 77.9 cm³/mol. The number of amides is 2. The largest absolute Gasteiger partial charge is 0.481 e. The van der Waals surface area contributed by atoms with Gasteiger partial charge in [-0.2, -0.15) is 0 Å². The highest BCUT2D eigenvalue weighted by molar-refractivity contribution is 5.81. The summed E-state index contributed by atoms with van der Waals surface area (Å²) in [6.45, 7) is 7.62. The lowest BCUT2D eigenvalue weighted by Gasteiger charge is -2.24. The molecule has 0 aromatic heterocycles. The molecular weight excluding hydrogens is 276 g/mol. The van der Waals surface area contributed by atoms with Crippen LogP contribution in [0, 0.1) is 11.3 Å². The molecule has 2 amide bonds. The third-order valence-corrected chi connectivity index (χ3v) is 2.73. The van der Waals surface area contributed by atoms with Crippen LogP contribution in [0.4, 0.5) is 4.79 Å². The highest BCUT2D eigenvalue weighted by atomic mass is 16.5. The van der Waals surface area contributed by atoms with E-state index >= 15 is 0 Å². The molecule has 1 unspecified atom stereocenters. The maximum atomic E-state index is 11.8. The Morgan fingerprint density at radius 2 is 1.86 bits per heavy atom. The summed E-state index contributed by atoms with van der Waals surface area (Å²) in [5.74, 6) is -2.11. The van der Waals surface area contributed by atoms with Crippen molar-refractivity contribution in [1.82, 2.24) is 10.2 Å². The average Bonchev–Trinajstić information content (AvgIpc) is 2.32. The fourth-order valence-electron chi connectivity index (χ4n) is 1.80. The van der Waals surface area contributed by atoms with Crippen LogP contribution in [0.25, 0.3) is 0 Å². The zero-order chi connectivity index (χ0) is 16.6. The van der Waals surface area contributed by atoms with Crippen molar-refractivity contribution >= 4 is 18.0 Å². The fraction of sp³-hybridized carbons (Fsp3) is 0.786. The van der Waals surface area contributed by atoms with Gasteiger partial charge >= 0.3 is 18.0 Å². The van der Waals surface area contributed by atoms with E-state index in [0.29, 0.717) is 6.42 Å². The number of nitrogens with one attached hydrogen (secondary N) is 1. The third-order valence-electron chi connectivity index (χ3n) is 2.73. The first-order valence-electron chi connectivity index (χ1n) is 6.94. The molecule has 0 heterocycles. The molecule has 1 atom stereocenters. The van der Waals surface area contributed by atoms with Crippen molar-refractivity contribution in [1.29, 1.82) is 0 Å². The first-order chi connectivity index (χ1) is 9.56. The van der Waals surface area contributed by atoms with E-state index in [0.717, 1.165) is 4.90 Å². The first kappa shape index (κ1) is 19.2. The van der Waals surface area contributed by atoms with Gasteiger partial charge in [0.2, 0.25) is 0 Å². The monoisotopic (exact) mass is 302 g/mol. The summed E-state index contributed by atoms with van der Waals surface area (Å²) in [7, 11) is 1.45. The van der Waals surface area contributed by atoms with Gasteiger partial charge in [-0.05, 0) is 18.8 Å². The number of urea groups is 1. The Balaban J connectivity index is 4.36. The summed E-state index contributed by atoms with van der Waals surface area (Å²) in [6.07, 6.45) is 0.449. The predicted octanol–water partition coefficient (Wildman–Crippen LogP) is 1.33. The van der Waals surface area contributed by atoms with Gasteiger partial charge in [0, 0.05) is 13.6 Å². The van der Waals surface area contributed by atoms with Gasteiger partial charge in [-0.25, -0.2) is 4.79 Å². The molecule has 0 bridgehead atoms. The smallest absolute Gasteiger partial charge is 0.325 e. The van der Waals surface area contributed by atoms with Crippen LogP contribution >= 0.6 is 0 Å². The minimum atomic E-state index is -0.946. The van der Waals surface area contributed by atoms with Gasteiger partial charge < -0.3 is 20.1 Å². The van der Waals surface area contributed by atoms with Crippen molar-refractivity contribution in [3.8, 4) is 0 Å². The van der Waals surface area contributed by atoms with E-state index < -0.39 is 23.9 Å². The zero-order valence-corrected chi connectivity index (χ0v) is 13.4.